The molecule has 0 saturated heterocycles. The molecule has 0 atom stereocenters. The first-order valence-corrected chi connectivity index (χ1v) is 0. The van der Waals surface area contributed by atoms with Crippen LogP contribution in [0.1, 0.15) is 0 Å². The number of hydrogen-bond donors (Lipinski definition) is 0. The monoisotopic (exact) mass is 84.1 g/mol. The van der Waals surface area contributed by atoms with Crippen molar-refractivity contribution in [2.45, 2.75) is 0 Å². The Hall–Kier alpha value is 1.03. The van der Waals surface area contributed by atoms with Gasteiger partial charge >= 0.3 is 37.7 Å². The van der Waals surface area contributed by atoms with Crippen LogP contribution < -0.4 is 37.7 Å². The zero-order chi connectivity index (χ0) is 0. The van der Waals surface area contributed by atoms with E-state index in [1.54, 1.807) is 0 Å². The van der Waals surface area contributed by atoms with Crippen LogP contribution >= 0.6 is 0 Å². The molecule has 6 heavy (non-hydrogen) atoms. The van der Waals surface area contributed by atoms with Crippen molar-refractivity contribution in [1.82, 2.24) is 0 Å². The molecule has 0 amide bonds. The number of hydrogen-bond acceptors (Lipinski definition) is 2. The summed E-state index contributed by atoms with van der Waals surface area (Å²) in [5, 5.41) is 0. The predicted molar refractivity (Wildman–Crippen MR) is 11.1 cm³/mol. The van der Waals surface area contributed by atoms with Gasteiger partial charge in [0.1, 0.15) is 0 Å². The van der Waals surface area contributed by atoms with Crippen LogP contribution in [0.2, 0.25) is 0 Å². The van der Waals surface area contributed by atoms with Crippen LogP contribution in [0.5, 0.6) is 0 Å². The quantitative estimate of drug-likeness (QED) is 0.270. The molecule has 0 bridgehead atoms. The second-order valence-corrected chi connectivity index (χ2v) is 0. The first-order chi connectivity index (χ1) is 0. The van der Waals surface area contributed by atoms with Crippen molar-refractivity contribution < 1.29 is 59.6 Å². The van der Waals surface area contributed by atoms with E-state index in [0.717, 1.165) is 0 Å². The summed E-state index contributed by atoms with van der Waals surface area (Å²) in [5.74, 6) is 0. The van der Waals surface area contributed by atoms with Gasteiger partial charge < -0.3 is 21.9 Å². The molecule has 0 aromatic heterocycles. The fourth-order valence-corrected chi connectivity index (χ4v) is 0. The molecule has 0 spiro atoms. The molecule has 0 fully saturated rings. The molecule has 0 radical (unpaired) electrons. The van der Waals surface area contributed by atoms with Gasteiger partial charge in [0.2, 0.25) is 0 Å². The SMILES string of the molecule is O.O.[Li+].[Li+].[OH-].[OH-]. The van der Waals surface area contributed by atoms with E-state index in [4.69, 9.17) is 0 Å². The van der Waals surface area contributed by atoms with E-state index in [1.165, 1.54) is 0 Å². The summed E-state index contributed by atoms with van der Waals surface area (Å²) in [7, 11) is 0. The van der Waals surface area contributed by atoms with E-state index in [1.807, 2.05) is 0 Å². The Kier molecular flexibility index (Phi) is 5700. The molecule has 0 rings (SSSR count). The first-order valence-electron chi connectivity index (χ1n) is 0. The molecule has 6 heteroatoms. The molecule has 4 nitrogen and oxygen atoms in total. The van der Waals surface area contributed by atoms with Crippen LogP contribution in [0.15, 0.2) is 0 Å². The fourth-order valence-electron chi connectivity index (χ4n) is 0. The van der Waals surface area contributed by atoms with Crippen molar-refractivity contribution >= 4 is 0 Å². The van der Waals surface area contributed by atoms with E-state index >= 15 is 0 Å². The van der Waals surface area contributed by atoms with E-state index in [2.05, 4.69) is 0 Å². The number of rotatable bonds is 0. The third kappa shape index (κ3) is 76.5. The second-order valence-electron chi connectivity index (χ2n) is 0. The summed E-state index contributed by atoms with van der Waals surface area (Å²) in [6.45, 7) is 0. The summed E-state index contributed by atoms with van der Waals surface area (Å²) >= 11 is 0. The standard InChI is InChI=1S/2Li.4H2O/h;;4*1H2/q2*+1;;;;/p-2. The maximum Gasteiger partial charge on any atom is 1.00 e. The topological polar surface area (TPSA) is 123 Å². The van der Waals surface area contributed by atoms with Crippen molar-refractivity contribution in [1.29, 1.82) is 0 Å². The summed E-state index contributed by atoms with van der Waals surface area (Å²) in [6.07, 6.45) is 0. The average Bonchev–Trinajstić information content (AvgIpc) is 0. The minimum atomic E-state index is 0. The summed E-state index contributed by atoms with van der Waals surface area (Å²) in [6, 6.07) is 0. The van der Waals surface area contributed by atoms with Gasteiger partial charge in [0, 0.05) is 0 Å². The van der Waals surface area contributed by atoms with Gasteiger partial charge in [-0.05, 0) is 0 Å². The van der Waals surface area contributed by atoms with Gasteiger partial charge in [-0.2, -0.15) is 0 Å². The van der Waals surface area contributed by atoms with Crippen molar-refractivity contribution in [3.8, 4) is 0 Å². The van der Waals surface area contributed by atoms with Crippen molar-refractivity contribution in [3.05, 3.63) is 0 Å². The van der Waals surface area contributed by atoms with E-state index < -0.39 is 0 Å². The molecule has 0 aliphatic rings. The van der Waals surface area contributed by atoms with Gasteiger partial charge in [0.25, 0.3) is 0 Å². The largest absolute Gasteiger partial charge is 1.00 e. The molecule has 0 aromatic rings. The Morgan fingerprint density at radius 1 is 0.500 bits per heavy atom. The van der Waals surface area contributed by atoms with Gasteiger partial charge in [-0.1, -0.05) is 0 Å². The van der Waals surface area contributed by atoms with Gasteiger partial charge in [-0.15, -0.1) is 0 Å². The molecule has 0 aliphatic carbocycles. The third-order valence-electron chi connectivity index (χ3n) is 0. The Morgan fingerprint density at radius 3 is 0.500 bits per heavy atom. The molecule has 0 aromatic carbocycles. The molecule has 0 saturated carbocycles. The molecule has 6 N–H and O–H groups in total. The summed E-state index contributed by atoms with van der Waals surface area (Å²) < 4.78 is 0. The van der Waals surface area contributed by atoms with Crippen LogP contribution in [-0.2, 0) is 0 Å². The molecule has 32 valence electrons. The fraction of sp³-hybridized carbons (Fsp3) is 0. The molecule has 0 unspecified atom stereocenters. The Balaban J connectivity index is 0. The molecule has 0 heterocycles. The normalized spacial score (nSPS) is 0. The minimum absolute atomic E-state index is 0. The van der Waals surface area contributed by atoms with Crippen LogP contribution in [-0.4, -0.2) is 21.9 Å². The summed E-state index contributed by atoms with van der Waals surface area (Å²) in [4.78, 5) is 0. The predicted octanol–water partition coefficient (Wildman–Crippen LogP) is -7.99. The van der Waals surface area contributed by atoms with Crippen LogP contribution in [0, 0.1) is 0 Å². The van der Waals surface area contributed by atoms with Crippen molar-refractivity contribution in [3.63, 3.8) is 0 Å². The minimum Gasteiger partial charge on any atom is -0.870 e. The van der Waals surface area contributed by atoms with Crippen molar-refractivity contribution in [2.24, 2.45) is 0 Å². The van der Waals surface area contributed by atoms with Gasteiger partial charge in [0.05, 0.1) is 0 Å². The van der Waals surface area contributed by atoms with Gasteiger partial charge in [-0.25, -0.2) is 0 Å². The molecular weight excluding hydrogens is 77.9 g/mol. The molecular formula is H6Li2O4. The van der Waals surface area contributed by atoms with E-state index in [0.29, 0.717) is 0 Å². The van der Waals surface area contributed by atoms with Crippen LogP contribution in [0.4, 0.5) is 0 Å². The summed E-state index contributed by atoms with van der Waals surface area (Å²) in [5.41, 5.74) is 0. The molecule has 0 aliphatic heterocycles. The Labute approximate surface area is 59.9 Å². The van der Waals surface area contributed by atoms with Crippen molar-refractivity contribution in [2.75, 3.05) is 0 Å². The van der Waals surface area contributed by atoms with Crippen LogP contribution in [0.3, 0.4) is 0 Å². The van der Waals surface area contributed by atoms with Crippen LogP contribution in [0.25, 0.3) is 0 Å². The average molecular weight is 83.9 g/mol. The van der Waals surface area contributed by atoms with E-state index in [9.17, 15) is 0 Å². The smallest absolute Gasteiger partial charge is 0.870 e. The maximum absolute atomic E-state index is 0. The Bertz CT molecular complexity index is 5.51. The zero-order valence-electron chi connectivity index (χ0n) is 3.89. The van der Waals surface area contributed by atoms with E-state index in [-0.39, 0.29) is 59.6 Å². The zero-order valence-corrected chi connectivity index (χ0v) is 3.89. The third-order valence-corrected chi connectivity index (χ3v) is 0. The first kappa shape index (κ1) is 239. The maximum atomic E-state index is 0. The van der Waals surface area contributed by atoms with Gasteiger partial charge in [-0.3, -0.25) is 0 Å². The second kappa shape index (κ2) is 143. The Morgan fingerprint density at radius 2 is 0.500 bits per heavy atom. The van der Waals surface area contributed by atoms with Gasteiger partial charge in [0.15, 0.2) is 0 Å².